The van der Waals surface area contributed by atoms with Gasteiger partial charge in [-0.25, -0.2) is 0 Å². The second kappa shape index (κ2) is 11.4. The van der Waals surface area contributed by atoms with Gasteiger partial charge in [0.15, 0.2) is 5.78 Å². The van der Waals surface area contributed by atoms with Crippen molar-refractivity contribution in [2.75, 3.05) is 6.54 Å². The highest BCUT2D eigenvalue weighted by atomic mass is 19.4. The molecule has 0 unspecified atom stereocenters. The summed E-state index contributed by atoms with van der Waals surface area (Å²) in [4.78, 5) is 31.8. The zero-order chi connectivity index (χ0) is 28.4. The minimum Gasteiger partial charge on any atom is -0.388 e. The van der Waals surface area contributed by atoms with E-state index in [9.17, 15) is 33.0 Å². The Kier molecular flexibility index (Phi) is 8.52. The molecule has 1 aliphatic heterocycles. The lowest BCUT2D eigenvalue weighted by molar-refractivity contribution is -0.138. The van der Waals surface area contributed by atoms with Gasteiger partial charge in [-0.15, -0.1) is 0 Å². The number of amides is 1. The smallest absolute Gasteiger partial charge is 0.388 e. The molecule has 2 aromatic rings. The molecular formula is C30H37F3N2O4. The van der Waals surface area contributed by atoms with Crippen LogP contribution in [0.5, 0.6) is 0 Å². The number of rotatable bonds is 8. The summed E-state index contributed by atoms with van der Waals surface area (Å²) < 4.78 is 39.0. The fourth-order valence-corrected chi connectivity index (χ4v) is 6.17. The van der Waals surface area contributed by atoms with Gasteiger partial charge in [-0.3, -0.25) is 14.6 Å². The molecule has 1 saturated heterocycles. The predicted octanol–water partition coefficient (Wildman–Crippen LogP) is 5.52. The molecule has 2 atom stereocenters. The van der Waals surface area contributed by atoms with Crippen molar-refractivity contribution in [3.63, 3.8) is 0 Å². The van der Waals surface area contributed by atoms with Crippen molar-refractivity contribution in [3.8, 4) is 0 Å². The number of nitrogens with zero attached hydrogens (tertiary/aromatic N) is 2. The number of carbonyl (C=O) groups excluding carboxylic acids is 2. The second-order valence-corrected chi connectivity index (χ2v) is 11.7. The van der Waals surface area contributed by atoms with Crippen LogP contribution in [0.4, 0.5) is 13.2 Å². The Morgan fingerprint density at radius 1 is 1.05 bits per heavy atom. The number of pyridine rings is 1. The van der Waals surface area contributed by atoms with Crippen molar-refractivity contribution in [2.24, 2.45) is 11.8 Å². The quantitative estimate of drug-likeness (QED) is 0.426. The van der Waals surface area contributed by atoms with Crippen LogP contribution < -0.4 is 0 Å². The van der Waals surface area contributed by atoms with Crippen LogP contribution in [0.2, 0.25) is 0 Å². The Hall–Kier alpha value is -2.78. The standard InChI is InChI=1S/C30H37F3N2O4/c1-28(2,38)26-17-21(16-20-11-13-29(39,14-12-20)25-8-3-4-15-34-25)19-35(26)27(37)10-9-24(36)22-6-5-7-23(18-22)30(31,32)33/h3-8,15,18,20-21,26,38-39H,9-14,16-17,19H2,1-2H3/t20?,21-,26-,29?/m0/s1. The Bertz CT molecular complexity index is 1150. The normalized spacial score (nSPS) is 26.0. The summed E-state index contributed by atoms with van der Waals surface area (Å²) in [5, 5.41) is 21.9. The van der Waals surface area contributed by atoms with E-state index in [4.69, 9.17) is 0 Å². The first-order valence-electron chi connectivity index (χ1n) is 13.6. The highest BCUT2D eigenvalue weighted by Gasteiger charge is 2.44. The number of likely N-dealkylation sites (tertiary alicyclic amines) is 1. The maximum absolute atomic E-state index is 13.2. The average molecular weight is 547 g/mol. The van der Waals surface area contributed by atoms with E-state index < -0.39 is 34.8 Å². The van der Waals surface area contributed by atoms with Crippen molar-refractivity contribution in [2.45, 2.75) is 88.6 Å². The summed E-state index contributed by atoms with van der Waals surface area (Å²) in [7, 11) is 0. The van der Waals surface area contributed by atoms with E-state index in [1.807, 2.05) is 18.2 Å². The molecule has 4 rings (SSSR count). The van der Waals surface area contributed by atoms with Gasteiger partial charge in [-0.2, -0.15) is 13.2 Å². The molecule has 1 aromatic carbocycles. The lowest BCUT2D eigenvalue weighted by Gasteiger charge is -2.36. The molecule has 0 spiro atoms. The molecular weight excluding hydrogens is 509 g/mol. The third-order valence-electron chi connectivity index (χ3n) is 8.34. The summed E-state index contributed by atoms with van der Waals surface area (Å²) in [5.74, 6) is -0.236. The zero-order valence-electron chi connectivity index (χ0n) is 22.5. The fourth-order valence-electron chi connectivity index (χ4n) is 6.17. The number of hydrogen-bond acceptors (Lipinski definition) is 5. The summed E-state index contributed by atoms with van der Waals surface area (Å²) in [6.07, 6.45) is 1.25. The summed E-state index contributed by atoms with van der Waals surface area (Å²) in [6, 6.07) is 9.39. The molecule has 0 radical (unpaired) electrons. The molecule has 2 fully saturated rings. The Morgan fingerprint density at radius 2 is 1.77 bits per heavy atom. The number of benzene rings is 1. The first-order chi connectivity index (χ1) is 18.3. The van der Waals surface area contributed by atoms with Crippen LogP contribution in [0.25, 0.3) is 0 Å². The molecule has 39 heavy (non-hydrogen) atoms. The number of ketones is 1. The first kappa shape index (κ1) is 29.2. The predicted molar refractivity (Wildman–Crippen MR) is 140 cm³/mol. The molecule has 0 bridgehead atoms. The van der Waals surface area contributed by atoms with Gasteiger partial charge in [0.1, 0.15) is 5.60 Å². The van der Waals surface area contributed by atoms with Gasteiger partial charge in [-0.1, -0.05) is 18.2 Å². The van der Waals surface area contributed by atoms with E-state index >= 15 is 0 Å². The van der Waals surface area contributed by atoms with Gasteiger partial charge in [-0.05, 0) is 88.5 Å². The van der Waals surface area contributed by atoms with Crippen LogP contribution in [0.15, 0.2) is 48.7 Å². The number of aromatic nitrogens is 1. The monoisotopic (exact) mass is 546 g/mol. The van der Waals surface area contributed by atoms with Crippen LogP contribution in [0, 0.1) is 11.8 Å². The number of Topliss-reactive ketones (excluding diaryl/α,β-unsaturated/α-hetero) is 1. The van der Waals surface area contributed by atoms with Gasteiger partial charge in [0.2, 0.25) is 5.91 Å². The Morgan fingerprint density at radius 3 is 2.38 bits per heavy atom. The number of carbonyl (C=O) groups is 2. The minimum atomic E-state index is -4.55. The maximum Gasteiger partial charge on any atom is 0.416 e. The molecule has 1 aromatic heterocycles. The van der Waals surface area contributed by atoms with Gasteiger partial charge >= 0.3 is 6.18 Å². The molecule has 2 N–H and O–H groups in total. The number of halogens is 3. The maximum atomic E-state index is 13.2. The van der Waals surface area contributed by atoms with E-state index in [0.717, 1.165) is 31.4 Å². The minimum absolute atomic E-state index is 0.0704. The summed E-state index contributed by atoms with van der Waals surface area (Å²) >= 11 is 0. The highest BCUT2D eigenvalue weighted by molar-refractivity contribution is 5.98. The van der Waals surface area contributed by atoms with Crippen LogP contribution in [0.3, 0.4) is 0 Å². The molecule has 1 amide bonds. The third kappa shape index (κ3) is 7.06. The molecule has 1 aliphatic carbocycles. The first-order valence-corrected chi connectivity index (χ1v) is 13.6. The van der Waals surface area contributed by atoms with Crippen LogP contribution >= 0.6 is 0 Å². The number of hydrogen-bond donors (Lipinski definition) is 2. The summed E-state index contributed by atoms with van der Waals surface area (Å²) in [5.41, 5.74) is -2.33. The fraction of sp³-hybridized carbons (Fsp3) is 0.567. The van der Waals surface area contributed by atoms with Crippen molar-refractivity contribution in [1.29, 1.82) is 0 Å². The van der Waals surface area contributed by atoms with Gasteiger partial charge in [0.05, 0.1) is 22.9 Å². The van der Waals surface area contributed by atoms with E-state index in [0.29, 0.717) is 37.4 Å². The molecule has 2 aliphatic rings. The van der Waals surface area contributed by atoms with Crippen LogP contribution in [-0.2, 0) is 16.6 Å². The topological polar surface area (TPSA) is 90.7 Å². The molecule has 2 heterocycles. The van der Waals surface area contributed by atoms with Crippen molar-refractivity contribution < 1.29 is 33.0 Å². The van der Waals surface area contributed by atoms with Crippen molar-refractivity contribution in [1.82, 2.24) is 9.88 Å². The zero-order valence-corrected chi connectivity index (χ0v) is 22.5. The van der Waals surface area contributed by atoms with Crippen molar-refractivity contribution >= 4 is 11.7 Å². The Labute approximate surface area is 227 Å². The Balaban J connectivity index is 1.34. The van der Waals surface area contributed by atoms with Gasteiger partial charge < -0.3 is 15.1 Å². The van der Waals surface area contributed by atoms with Gasteiger partial charge in [0, 0.05) is 31.1 Å². The van der Waals surface area contributed by atoms with Crippen LogP contribution in [-0.4, -0.2) is 50.0 Å². The molecule has 6 nitrogen and oxygen atoms in total. The molecule has 9 heteroatoms. The third-order valence-corrected chi connectivity index (χ3v) is 8.34. The number of aliphatic hydroxyl groups is 2. The van der Waals surface area contributed by atoms with E-state index in [1.54, 1.807) is 24.9 Å². The summed E-state index contributed by atoms with van der Waals surface area (Å²) in [6.45, 7) is 3.80. The number of alkyl halides is 3. The molecule has 212 valence electrons. The van der Waals surface area contributed by atoms with E-state index in [-0.39, 0.29) is 30.2 Å². The van der Waals surface area contributed by atoms with Crippen molar-refractivity contribution in [3.05, 3.63) is 65.5 Å². The van der Waals surface area contributed by atoms with E-state index in [2.05, 4.69) is 4.98 Å². The lowest BCUT2D eigenvalue weighted by Crippen LogP contribution is -2.48. The lowest BCUT2D eigenvalue weighted by atomic mass is 9.74. The largest absolute Gasteiger partial charge is 0.416 e. The molecule has 1 saturated carbocycles. The second-order valence-electron chi connectivity index (χ2n) is 11.7. The SMILES string of the molecule is CC(C)(O)[C@@H]1C[C@H](CC2CCC(O)(c3ccccn3)CC2)CN1C(=O)CCC(=O)c1cccc(C(F)(F)F)c1. The highest BCUT2D eigenvalue weighted by Crippen LogP contribution is 2.43. The van der Waals surface area contributed by atoms with Gasteiger partial charge in [0.25, 0.3) is 0 Å². The van der Waals surface area contributed by atoms with Crippen LogP contribution in [0.1, 0.15) is 86.8 Å². The van der Waals surface area contributed by atoms with E-state index in [1.165, 1.54) is 12.1 Å². The average Bonchev–Trinajstić information content (AvgIpc) is 3.33.